The number of hydrogen-bond donors (Lipinski definition) is 0. The number of benzene rings is 3. The van der Waals surface area contributed by atoms with Crippen LogP contribution in [-0.4, -0.2) is 23.9 Å². The average Bonchev–Trinajstić information content (AvgIpc) is 2.89. The minimum absolute atomic E-state index is 0.237. The van der Waals surface area contributed by atoms with Gasteiger partial charge in [-0.3, -0.25) is 4.79 Å². The molecule has 0 N–H and O–H groups in total. The summed E-state index contributed by atoms with van der Waals surface area (Å²) in [5.74, 6) is -0.865. The van der Waals surface area contributed by atoms with E-state index >= 15 is 0 Å². The van der Waals surface area contributed by atoms with Crippen LogP contribution in [0.4, 0.5) is 4.39 Å². The molecule has 0 fully saturated rings. The van der Waals surface area contributed by atoms with Crippen molar-refractivity contribution in [1.82, 2.24) is 4.90 Å². The molecule has 0 aromatic heterocycles. The van der Waals surface area contributed by atoms with Gasteiger partial charge in [0.1, 0.15) is 5.82 Å². The minimum Gasteiger partial charge on any atom is -0.468 e. The van der Waals surface area contributed by atoms with E-state index in [1.54, 1.807) is 0 Å². The lowest BCUT2D eigenvalue weighted by Crippen LogP contribution is -2.31. The van der Waals surface area contributed by atoms with Gasteiger partial charge in [0.15, 0.2) is 0 Å². The summed E-state index contributed by atoms with van der Waals surface area (Å²) in [4.78, 5) is 18.6. The molecular formula is C23H19FN2O2. The summed E-state index contributed by atoms with van der Waals surface area (Å²) < 4.78 is 18.6. The van der Waals surface area contributed by atoms with Gasteiger partial charge < -0.3 is 9.64 Å². The highest BCUT2D eigenvalue weighted by Crippen LogP contribution is 2.32. The van der Waals surface area contributed by atoms with Gasteiger partial charge in [-0.15, -0.1) is 0 Å². The normalized spacial score (nSPS) is 13.4. The van der Waals surface area contributed by atoms with Crippen molar-refractivity contribution in [2.24, 2.45) is 4.99 Å². The van der Waals surface area contributed by atoms with Crippen LogP contribution in [0.5, 0.6) is 0 Å². The third-order valence-electron chi connectivity index (χ3n) is 4.79. The van der Waals surface area contributed by atoms with Crippen LogP contribution >= 0.6 is 0 Å². The zero-order chi connectivity index (χ0) is 19.5. The quantitative estimate of drug-likeness (QED) is 0.460. The Morgan fingerprint density at radius 3 is 1.96 bits per heavy atom. The highest BCUT2D eigenvalue weighted by Gasteiger charge is 2.22. The predicted molar refractivity (Wildman–Crippen MR) is 106 cm³/mol. The smallest absolute Gasteiger partial charge is 0.295 e. The maximum atomic E-state index is 13.1. The van der Waals surface area contributed by atoms with Crippen molar-refractivity contribution >= 4 is 11.9 Å². The van der Waals surface area contributed by atoms with Crippen molar-refractivity contribution < 1.29 is 13.9 Å². The molecule has 4 rings (SSSR count). The van der Waals surface area contributed by atoms with Gasteiger partial charge in [0, 0.05) is 18.7 Å². The summed E-state index contributed by atoms with van der Waals surface area (Å²) in [5, 5.41) is 0. The molecule has 0 saturated carbocycles. The van der Waals surface area contributed by atoms with Crippen molar-refractivity contribution in [2.45, 2.75) is 13.1 Å². The second-order valence-electron chi connectivity index (χ2n) is 6.58. The van der Waals surface area contributed by atoms with E-state index in [2.05, 4.69) is 29.3 Å². The summed E-state index contributed by atoms with van der Waals surface area (Å²) in [6.45, 7) is 1.13. The van der Waals surface area contributed by atoms with Crippen molar-refractivity contribution in [3.8, 4) is 11.1 Å². The van der Waals surface area contributed by atoms with E-state index in [0.29, 0.717) is 18.7 Å². The molecule has 0 bridgehead atoms. The second-order valence-corrected chi connectivity index (χ2v) is 6.58. The molecule has 1 amide bonds. The van der Waals surface area contributed by atoms with Crippen LogP contribution in [0.3, 0.4) is 0 Å². The zero-order valence-electron chi connectivity index (χ0n) is 15.4. The molecule has 0 atom stereocenters. The average molecular weight is 374 g/mol. The van der Waals surface area contributed by atoms with E-state index in [1.165, 1.54) is 42.5 Å². The summed E-state index contributed by atoms with van der Waals surface area (Å²) in [5.41, 5.74) is 4.91. The number of amidine groups is 1. The van der Waals surface area contributed by atoms with Gasteiger partial charge in [-0.2, -0.15) is 4.99 Å². The molecule has 0 spiro atoms. The van der Waals surface area contributed by atoms with Crippen LogP contribution in [0, 0.1) is 5.82 Å². The number of amides is 1. The van der Waals surface area contributed by atoms with Crippen molar-refractivity contribution in [3.05, 3.63) is 95.3 Å². The Bertz CT molecular complexity index is 997. The molecule has 0 saturated heterocycles. The summed E-state index contributed by atoms with van der Waals surface area (Å²) >= 11 is 0. The van der Waals surface area contributed by atoms with Crippen LogP contribution < -0.4 is 0 Å². The molecular weight excluding hydrogens is 355 g/mol. The van der Waals surface area contributed by atoms with Crippen molar-refractivity contribution in [3.63, 3.8) is 0 Å². The topological polar surface area (TPSA) is 41.9 Å². The summed E-state index contributed by atoms with van der Waals surface area (Å²) in [6, 6.07) is 21.9. The van der Waals surface area contributed by atoms with Gasteiger partial charge in [0.2, 0.25) is 0 Å². The van der Waals surface area contributed by atoms with Crippen molar-refractivity contribution in [2.75, 3.05) is 7.11 Å². The molecule has 1 heterocycles. The highest BCUT2D eigenvalue weighted by molar-refractivity contribution is 6.01. The summed E-state index contributed by atoms with van der Waals surface area (Å²) in [6.07, 6.45) is 0. The molecule has 0 radical (unpaired) electrons. The van der Waals surface area contributed by atoms with Gasteiger partial charge in [-0.25, -0.2) is 4.39 Å². The van der Waals surface area contributed by atoms with Crippen LogP contribution in [0.2, 0.25) is 0 Å². The molecule has 4 nitrogen and oxygen atoms in total. The van der Waals surface area contributed by atoms with Gasteiger partial charge in [-0.1, -0.05) is 48.5 Å². The molecule has 1 aliphatic rings. The number of rotatable bonds is 1. The maximum absolute atomic E-state index is 13.1. The Balaban J connectivity index is 1.71. The molecule has 140 valence electrons. The number of aliphatic imine (C=N–C) groups is 1. The van der Waals surface area contributed by atoms with Gasteiger partial charge in [0.05, 0.1) is 7.11 Å². The Morgan fingerprint density at radius 1 is 0.893 bits per heavy atom. The number of methoxy groups -OCH3 is 1. The monoisotopic (exact) mass is 374 g/mol. The first-order valence-electron chi connectivity index (χ1n) is 8.99. The minimum atomic E-state index is -0.470. The lowest BCUT2D eigenvalue weighted by Gasteiger charge is -2.23. The predicted octanol–water partition coefficient (Wildman–Crippen LogP) is 4.65. The fraction of sp³-hybridized carbons (Fsp3) is 0.130. The number of nitrogens with zero attached hydrogens (tertiary/aromatic N) is 2. The number of ether oxygens (including phenoxy) is 1. The molecule has 3 aromatic carbocycles. The molecule has 0 aliphatic carbocycles. The van der Waals surface area contributed by atoms with Gasteiger partial charge in [-0.05, 0) is 46.5 Å². The summed E-state index contributed by atoms with van der Waals surface area (Å²) in [7, 11) is 1.50. The van der Waals surface area contributed by atoms with Crippen LogP contribution in [0.25, 0.3) is 11.1 Å². The van der Waals surface area contributed by atoms with E-state index in [-0.39, 0.29) is 6.02 Å². The fourth-order valence-corrected chi connectivity index (χ4v) is 3.43. The number of carbonyl (C=O) groups is 1. The maximum Gasteiger partial charge on any atom is 0.295 e. The zero-order valence-corrected chi connectivity index (χ0v) is 15.4. The fourth-order valence-electron chi connectivity index (χ4n) is 3.43. The Hall–Kier alpha value is -3.47. The van der Waals surface area contributed by atoms with Gasteiger partial charge in [0.25, 0.3) is 11.9 Å². The third-order valence-corrected chi connectivity index (χ3v) is 4.79. The van der Waals surface area contributed by atoms with Crippen molar-refractivity contribution in [1.29, 1.82) is 0 Å². The highest BCUT2D eigenvalue weighted by atomic mass is 19.1. The Kier molecular flexibility index (Phi) is 4.89. The molecule has 28 heavy (non-hydrogen) atoms. The first-order chi connectivity index (χ1) is 13.7. The molecule has 3 aromatic rings. The number of halogens is 1. The SMILES string of the molecule is CO/C(=N\C(=O)c1ccc(F)cc1)N1Cc2ccccc2-c2ccccc2C1. The molecule has 0 unspecified atom stereocenters. The first-order valence-corrected chi connectivity index (χ1v) is 8.99. The Labute approximate surface area is 162 Å². The van der Waals surface area contributed by atoms with E-state index < -0.39 is 11.7 Å². The van der Waals surface area contributed by atoms with E-state index in [4.69, 9.17) is 4.74 Å². The third kappa shape index (κ3) is 3.51. The Morgan fingerprint density at radius 2 is 1.43 bits per heavy atom. The number of fused-ring (bicyclic) bond motifs is 3. The lowest BCUT2D eigenvalue weighted by molar-refractivity contribution is 0.0995. The number of carbonyl (C=O) groups excluding carboxylic acids is 1. The van der Waals surface area contributed by atoms with E-state index in [0.717, 1.165) is 11.1 Å². The largest absolute Gasteiger partial charge is 0.468 e. The molecule has 5 heteroatoms. The number of hydrogen-bond acceptors (Lipinski definition) is 2. The van der Waals surface area contributed by atoms with Crippen LogP contribution in [-0.2, 0) is 17.8 Å². The van der Waals surface area contributed by atoms with Crippen LogP contribution in [0.15, 0.2) is 77.8 Å². The second kappa shape index (κ2) is 7.64. The standard InChI is InChI=1S/C23H19FN2O2/c1-28-23(25-22(27)16-10-12-19(24)13-11-16)26-14-17-6-2-4-8-20(17)21-9-5-3-7-18(21)15-26/h2-13H,14-15H2,1H3/b25-23-. The molecule has 1 aliphatic heterocycles. The van der Waals surface area contributed by atoms with E-state index in [1.807, 2.05) is 29.2 Å². The van der Waals surface area contributed by atoms with Gasteiger partial charge >= 0.3 is 0 Å². The first kappa shape index (κ1) is 17.9. The van der Waals surface area contributed by atoms with E-state index in [9.17, 15) is 9.18 Å². The lowest BCUT2D eigenvalue weighted by atomic mass is 9.97. The van der Waals surface area contributed by atoms with Crippen LogP contribution in [0.1, 0.15) is 21.5 Å².